The number of aliphatic imine (C=N–C) groups is 1. The predicted octanol–water partition coefficient (Wildman–Crippen LogP) is 2.93. The van der Waals surface area contributed by atoms with Gasteiger partial charge >= 0.3 is 0 Å². The molecular weight excluding hydrogens is 402 g/mol. The van der Waals surface area contributed by atoms with Gasteiger partial charge in [-0.15, -0.1) is 0 Å². The third kappa shape index (κ3) is 5.88. The Morgan fingerprint density at radius 3 is 2.73 bits per heavy atom. The molecule has 3 rings (SSSR count). The Hall–Kier alpha value is -2.28. The molecule has 0 aromatic heterocycles. The van der Waals surface area contributed by atoms with E-state index in [4.69, 9.17) is 11.6 Å². The monoisotopic (exact) mass is 433 g/mol. The molecule has 1 aliphatic carbocycles. The number of nitrogens with one attached hydrogen (secondary N) is 3. The summed E-state index contributed by atoms with van der Waals surface area (Å²) < 4.78 is 0. The summed E-state index contributed by atoms with van der Waals surface area (Å²) in [6, 6.07) is 5.64. The molecule has 3 N–H and O–H groups in total. The maximum absolute atomic E-state index is 12.6. The molecule has 1 heterocycles. The van der Waals surface area contributed by atoms with Crippen LogP contribution >= 0.6 is 11.6 Å². The molecule has 2 fully saturated rings. The summed E-state index contributed by atoms with van der Waals surface area (Å²) in [4.78, 5) is 31.1. The lowest BCUT2D eigenvalue weighted by Crippen LogP contribution is -2.46. The maximum Gasteiger partial charge on any atom is 0.226 e. The van der Waals surface area contributed by atoms with Crippen LogP contribution in [0, 0.1) is 12.8 Å². The molecule has 0 spiro atoms. The number of likely N-dealkylation sites (tertiary alicyclic amines) is 1. The fraction of sp³-hybridized carbons (Fsp3) is 0.591. The highest BCUT2D eigenvalue weighted by molar-refractivity contribution is 6.31. The number of guanidine groups is 1. The summed E-state index contributed by atoms with van der Waals surface area (Å²) in [5.74, 6) is 1.11. The van der Waals surface area contributed by atoms with E-state index in [1.807, 2.05) is 24.0 Å². The molecule has 7 nitrogen and oxygen atoms in total. The van der Waals surface area contributed by atoms with Crippen LogP contribution in [0.5, 0.6) is 0 Å². The normalized spacial score (nSPS) is 19.8. The number of hydrogen-bond donors (Lipinski definition) is 3. The highest BCUT2D eigenvalue weighted by Gasteiger charge is 2.32. The molecule has 8 heteroatoms. The van der Waals surface area contributed by atoms with Gasteiger partial charge in [-0.05, 0) is 43.9 Å². The zero-order valence-corrected chi connectivity index (χ0v) is 18.6. The Morgan fingerprint density at radius 1 is 1.23 bits per heavy atom. The van der Waals surface area contributed by atoms with Crippen LogP contribution in [-0.2, 0) is 9.59 Å². The second-order valence-corrected chi connectivity index (χ2v) is 8.51. The van der Waals surface area contributed by atoms with Crippen molar-refractivity contribution in [1.82, 2.24) is 15.5 Å². The Labute approximate surface area is 183 Å². The highest BCUT2D eigenvalue weighted by atomic mass is 35.5. The van der Waals surface area contributed by atoms with E-state index in [-0.39, 0.29) is 17.9 Å². The van der Waals surface area contributed by atoms with Crippen molar-refractivity contribution >= 4 is 35.1 Å². The van der Waals surface area contributed by atoms with Crippen LogP contribution in [0.15, 0.2) is 23.2 Å². The van der Waals surface area contributed by atoms with E-state index in [0.717, 1.165) is 37.1 Å². The summed E-state index contributed by atoms with van der Waals surface area (Å²) in [5, 5.41) is 10.1. The van der Waals surface area contributed by atoms with Gasteiger partial charge in [-0.1, -0.05) is 30.5 Å². The van der Waals surface area contributed by atoms with Crippen LogP contribution in [0.4, 0.5) is 5.69 Å². The minimum absolute atomic E-state index is 0.0856. The highest BCUT2D eigenvalue weighted by Crippen LogP contribution is 2.28. The summed E-state index contributed by atoms with van der Waals surface area (Å²) in [5.41, 5.74) is 1.59. The lowest BCUT2D eigenvalue weighted by atomic mass is 10.1. The zero-order valence-electron chi connectivity index (χ0n) is 17.8. The third-order valence-corrected chi connectivity index (χ3v) is 6.36. The topological polar surface area (TPSA) is 85.8 Å². The van der Waals surface area contributed by atoms with Crippen molar-refractivity contribution in [3.05, 3.63) is 28.8 Å². The molecule has 2 aliphatic rings. The van der Waals surface area contributed by atoms with Gasteiger partial charge in [-0.3, -0.25) is 14.6 Å². The first-order chi connectivity index (χ1) is 14.5. The number of carbonyl (C=O) groups is 2. The number of nitrogens with zero attached hydrogens (tertiary/aromatic N) is 2. The predicted molar refractivity (Wildman–Crippen MR) is 121 cm³/mol. The van der Waals surface area contributed by atoms with Gasteiger partial charge in [0.2, 0.25) is 11.8 Å². The van der Waals surface area contributed by atoms with Gasteiger partial charge in [-0.25, -0.2) is 0 Å². The fourth-order valence-electron chi connectivity index (χ4n) is 4.15. The van der Waals surface area contributed by atoms with Crippen molar-refractivity contribution in [1.29, 1.82) is 0 Å². The first-order valence-corrected chi connectivity index (χ1v) is 11.2. The molecule has 1 aromatic carbocycles. The van der Waals surface area contributed by atoms with Crippen molar-refractivity contribution < 1.29 is 9.59 Å². The Kier molecular flexibility index (Phi) is 7.96. The van der Waals surface area contributed by atoms with Crippen molar-refractivity contribution in [2.45, 2.75) is 51.5 Å². The Balaban J connectivity index is 1.39. The zero-order chi connectivity index (χ0) is 21.5. The van der Waals surface area contributed by atoms with Gasteiger partial charge in [-0.2, -0.15) is 0 Å². The average molecular weight is 434 g/mol. The average Bonchev–Trinajstić information content (AvgIpc) is 3.42. The molecular formula is C22H32ClN5O2. The summed E-state index contributed by atoms with van der Waals surface area (Å²) in [6.45, 7) is 3.85. The van der Waals surface area contributed by atoms with Gasteiger partial charge < -0.3 is 20.9 Å². The molecule has 1 aromatic rings. The van der Waals surface area contributed by atoms with Crippen LogP contribution in [0.3, 0.4) is 0 Å². The number of carbonyl (C=O) groups excluding carboxylic acids is 2. The molecule has 1 saturated heterocycles. The molecule has 1 aliphatic heterocycles. The van der Waals surface area contributed by atoms with Crippen LogP contribution in [-0.4, -0.2) is 55.4 Å². The van der Waals surface area contributed by atoms with Gasteiger partial charge in [0.1, 0.15) is 0 Å². The summed E-state index contributed by atoms with van der Waals surface area (Å²) in [7, 11) is 1.71. The molecule has 0 bridgehead atoms. The van der Waals surface area contributed by atoms with E-state index < -0.39 is 0 Å². The van der Waals surface area contributed by atoms with E-state index >= 15 is 0 Å². The second kappa shape index (κ2) is 10.7. The SMILES string of the molecule is CN=C(NCCC(=O)Nc1cccc(Cl)c1C)NC1CCN(C(=O)C2CCCC2)C1. The largest absolute Gasteiger partial charge is 0.356 e. The standard InChI is InChI=1S/C22H32ClN5O2/c1-15-18(23)8-5-9-19(15)27-20(29)10-12-25-22(24-2)26-17-11-13-28(14-17)21(30)16-6-3-4-7-16/h5,8-9,16-17H,3-4,6-7,10-14H2,1-2H3,(H,27,29)(H2,24,25,26). The molecule has 164 valence electrons. The smallest absolute Gasteiger partial charge is 0.226 e. The van der Waals surface area contributed by atoms with Crippen molar-refractivity contribution in [2.24, 2.45) is 10.9 Å². The number of rotatable bonds is 6. The first kappa shape index (κ1) is 22.4. The Bertz CT molecular complexity index is 792. The van der Waals surface area contributed by atoms with Crippen molar-refractivity contribution in [3.63, 3.8) is 0 Å². The minimum atomic E-state index is -0.0856. The van der Waals surface area contributed by atoms with Gasteiger partial charge in [0.25, 0.3) is 0 Å². The molecule has 1 saturated carbocycles. The van der Waals surface area contributed by atoms with E-state index in [0.29, 0.717) is 36.4 Å². The van der Waals surface area contributed by atoms with E-state index in [9.17, 15) is 9.59 Å². The van der Waals surface area contributed by atoms with Crippen LogP contribution < -0.4 is 16.0 Å². The Morgan fingerprint density at radius 2 is 2.00 bits per heavy atom. The molecule has 1 atom stereocenters. The van der Waals surface area contributed by atoms with Crippen molar-refractivity contribution in [2.75, 3.05) is 32.0 Å². The number of amides is 2. The van der Waals surface area contributed by atoms with Crippen LogP contribution in [0.1, 0.15) is 44.1 Å². The fourth-order valence-corrected chi connectivity index (χ4v) is 4.32. The maximum atomic E-state index is 12.6. The third-order valence-electron chi connectivity index (χ3n) is 5.96. The first-order valence-electron chi connectivity index (χ1n) is 10.8. The second-order valence-electron chi connectivity index (χ2n) is 8.11. The quantitative estimate of drug-likeness (QED) is 0.475. The van der Waals surface area contributed by atoms with E-state index in [2.05, 4.69) is 20.9 Å². The van der Waals surface area contributed by atoms with Gasteiger partial charge in [0.05, 0.1) is 0 Å². The number of hydrogen-bond acceptors (Lipinski definition) is 3. The van der Waals surface area contributed by atoms with Crippen molar-refractivity contribution in [3.8, 4) is 0 Å². The van der Waals surface area contributed by atoms with E-state index in [1.54, 1.807) is 13.1 Å². The molecule has 0 radical (unpaired) electrons. The lowest BCUT2D eigenvalue weighted by Gasteiger charge is -2.21. The molecule has 1 unspecified atom stereocenters. The molecule has 2 amide bonds. The van der Waals surface area contributed by atoms with Gasteiger partial charge in [0, 0.05) is 55.8 Å². The summed E-state index contributed by atoms with van der Waals surface area (Å²) >= 11 is 6.10. The van der Waals surface area contributed by atoms with Crippen LogP contribution in [0.2, 0.25) is 5.02 Å². The number of benzene rings is 1. The number of anilines is 1. The summed E-state index contributed by atoms with van der Waals surface area (Å²) in [6.07, 6.45) is 5.64. The minimum Gasteiger partial charge on any atom is -0.356 e. The van der Waals surface area contributed by atoms with E-state index in [1.165, 1.54) is 12.8 Å². The van der Waals surface area contributed by atoms with Gasteiger partial charge in [0.15, 0.2) is 5.96 Å². The lowest BCUT2D eigenvalue weighted by molar-refractivity contribution is -0.134. The number of halogens is 1. The van der Waals surface area contributed by atoms with Crippen LogP contribution in [0.25, 0.3) is 0 Å². The molecule has 30 heavy (non-hydrogen) atoms.